The van der Waals surface area contributed by atoms with Crippen molar-refractivity contribution in [2.75, 3.05) is 20.2 Å². The number of piperidine rings is 1. The summed E-state index contributed by atoms with van der Waals surface area (Å²) in [6.45, 7) is 2.45. The second kappa shape index (κ2) is 6.74. The molecule has 1 aliphatic rings. The summed E-state index contributed by atoms with van der Waals surface area (Å²) in [5, 5.41) is 0. The highest BCUT2D eigenvalue weighted by Crippen LogP contribution is 2.12. The number of hydrogen-bond acceptors (Lipinski definition) is 3. The highest BCUT2D eigenvalue weighted by atomic mass is 35.5. The summed E-state index contributed by atoms with van der Waals surface area (Å²) in [7, 11) is 1.61. The third-order valence-electron chi connectivity index (χ3n) is 2.99. The predicted molar refractivity (Wildman–Crippen MR) is 69.4 cm³/mol. The van der Waals surface area contributed by atoms with Gasteiger partial charge in [0.05, 0.1) is 0 Å². The van der Waals surface area contributed by atoms with E-state index in [0.29, 0.717) is 13.0 Å². The van der Waals surface area contributed by atoms with Crippen molar-refractivity contribution in [3.05, 3.63) is 35.9 Å². The number of hydrogen-bond donors (Lipinski definition) is 0. The molecular formula is C13H18ClNO2. The van der Waals surface area contributed by atoms with Gasteiger partial charge in [0.15, 0.2) is 5.78 Å². The molecule has 0 amide bonds. The zero-order valence-corrected chi connectivity index (χ0v) is 10.8. The van der Waals surface area contributed by atoms with E-state index in [9.17, 15) is 4.79 Å². The summed E-state index contributed by atoms with van der Waals surface area (Å²) < 4.78 is 5.18. The Labute approximate surface area is 108 Å². The first-order valence-electron chi connectivity index (χ1n) is 5.61. The molecule has 1 heterocycles. The summed E-state index contributed by atoms with van der Waals surface area (Å²) in [4.78, 5) is 13.7. The molecule has 0 bridgehead atoms. The van der Waals surface area contributed by atoms with Crippen LogP contribution in [0.2, 0.25) is 0 Å². The van der Waals surface area contributed by atoms with Gasteiger partial charge in [-0.25, -0.2) is 0 Å². The van der Waals surface area contributed by atoms with E-state index in [2.05, 4.69) is 17.0 Å². The molecule has 0 saturated carbocycles. The van der Waals surface area contributed by atoms with Crippen molar-refractivity contribution in [2.45, 2.75) is 19.1 Å². The van der Waals surface area contributed by atoms with E-state index >= 15 is 0 Å². The summed E-state index contributed by atoms with van der Waals surface area (Å²) in [5.41, 5.74) is 1.28. The van der Waals surface area contributed by atoms with Gasteiger partial charge < -0.3 is 4.74 Å². The zero-order chi connectivity index (χ0) is 11.4. The number of Topliss-reactive ketones (excluding diaryl/α,β-unsaturated/α-hetero) is 1. The third kappa shape index (κ3) is 3.80. The standard InChI is InChI=1S/C13H17NO2.ClH/c1-16-13-10-14(8-7-12(13)15)9-11-5-3-2-4-6-11;/h2-6,13H,7-10H2,1H3;1H. The van der Waals surface area contributed by atoms with Crippen molar-refractivity contribution >= 4 is 18.2 Å². The fourth-order valence-electron chi connectivity index (χ4n) is 2.05. The minimum Gasteiger partial charge on any atom is -0.372 e. The summed E-state index contributed by atoms with van der Waals surface area (Å²) in [6, 6.07) is 10.3. The number of carbonyl (C=O) groups excluding carboxylic acids is 1. The normalized spacial score (nSPS) is 21.0. The van der Waals surface area contributed by atoms with Gasteiger partial charge in [0.1, 0.15) is 6.10 Å². The molecule has 0 N–H and O–H groups in total. The highest BCUT2D eigenvalue weighted by molar-refractivity contribution is 5.85. The van der Waals surface area contributed by atoms with Gasteiger partial charge in [-0.3, -0.25) is 9.69 Å². The summed E-state index contributed by atoms with van der Waals surface area (Å²) in [5.74, 6) is 0.229. The van der Waals surface area contributed by atoms with Gasteiger partial charge in [-0.05, 0) is 5.56 Å². The smallest absolute Gasteiger partial charge is 0.164 e. The quantitative estimate of drug-likeness (QED) is 0.826. The maximum atomic E-state index is 11.5. The average molecular weight is 256 g/mol. The topological polar surface area (TPSA) is 29.5 Å². The van der Waals surface area contributed by atoms with E-state index in [0.717, 1.165) is 13.1 Å². The van der Waals surface area contributed by atoms with Crippen LogP contribution in [0.15, 0.2) is 30.3 Å². The molecule has 4 heteroatoms. The Balaban J connectivity index is 0.00000144. The maximum Gasteiger partial charge on any atom is 0.164 e. The molecule has 1 unspecified atom stereocenters. The fraction of sp³-hybridized carbons (Fsp3) is 0.462. The highest BCUT2D eigenvalue weighted by Gasteiger charge is 2.26. The number of methoxy groups -OCH3 is 1. The van der Waals surface area contributed by atoms with Crippen molar-refractivity contribution in [3.63, 3.8) is 0 Å². The van der Waals surface area contributed by atoms with Crippen LogP contribution in [-0.4, -0.2) is 37.0 Å². The van der Waals surface area contributed by atoms with Gasteiger partial charge in [-0.1, -0.05) is 30.3 Å². The molecule has 0 spiro atoms. The van der Waals surface area contributed by atoms with Crippen molar-refractivity contribution in [2.24, 2.45) is 0 Å². The Kier molecular flexibility index (Phi) is 5.62. The van der Waals surface area contributed by atoms with Crippen molar-refractivity contribution in [1.29, 1.82) is 0 Å². The van der Waals surface area contributed by atoms with E-state index in [4.69, 9.17) is 4.74 Å². The van der Waals surface area contributed by atoms with E-state index in [-0.39, 0.29) is 24.3 Å². The first kappa shape index (κ1) is 14.2. The number of benzene rings is 1. The minimum atomic E-state index is -0.238. The second-order valence-corrected chi connectivity index (χ2v) is 4.16. The molecule has 1 fully saturated rings. The molecule has 1 aromatic carbocycles. The van der Waals surface area contributed by atoms with Crippen LogP contribution in [0.25, 0.3) is 0 Å². The predicted octanol–water partition coefficient (Wildman–Crippen LogP) is 1.90. The lowest BCUT2D eigenvalue weighted by molar-refractivity contribution is -0.133. The largest absolute Gasteiger partial charge is 0.372 e. The van der Waals surface area contributed by atoms with Crippen LogP contribution in [0.4, 0.5) is 0 Å². The molecule has 1 atom stereocenters. The minimum absolute atomic E-state index is 0. The van der Waals surface area contributed by atoms with Gasteiger partial charge in [0.2, 0.25) is 0 Å². The maximum absolute atomic E-state index is 11.5. The molecule has 0 radical (unpaired) electrons. The van der Waals surface area contributed by atoms with Crippen LogP contribution in [0.5, 0.6) is 0 Å². The van der Waals surface area contributed by atoms with Crippen molar-refractivity contribution in [1.82, 2.24) is 4.90 Å². The first-order chi connectivity index (χ1) is 7.79. The number of nitrogens with zero attached hydrogens (tertiary/aromatic N) is 1. The fourth-order valence-corrected chi connectivity index (χ4v) is 2.05. The Morgan fingerprint density at radius 2 is 2.06 bits per heavy atom. The van der Waals surface area contributed by atoms with Crippen molar-refractivity contribution < 1.29 is 9.53 Å². The van der Waals surface area contributed by atoms with E-state index < -0.39 is 0 Å². The number of ketones is 1. The first-order valence-corrected chi connectivity index (χ1v) is 5.61. The number of likely N-dealkylation sites (tertiary alicyclic amines) is 1. The summed E-state index contributed by atoms with van der Waals surface area (Å²) >= 11 is 0. The third-order valence-corrected chi connectivity index (χ3v) is 2.99. The summed E-state index contributed by atoms with van der Waals surface area (Å²) in [6.07, 6.45) is 0.364. The van der Waals surface area contributed by atoms with Gasteiger partial charge in [-0.15, -0.1) is 12.4 Å². The molecule has 17 heavy (non-hydrogen) atoms. The second-order valence-electron chi connectivity index (χ2n) is 4.16. The molecule has 2 rings (SSSR count). The molecule has 1 aromatic rings. The molecule has 1 aliphatic heterocycles. The van der Waals surface area contributed by atoms with Crippen LogP contribution >= 0.6 is 12.4 Å². The lowest BCUT2D eigenvalue weighted by Crippen LogP contribution is -2.44. The number of ether oxygens (including phenoxy) is 1. The number of carbonyl (C=O) groups is 1. The van der Waals surface area contributed by atoms with E-state index in [1.54, 1.807) is 7.11 Å². The van der Waals surface area contributed by atoms with Crippen LogP contribution in [0.1, 0.15) is 12.0 Å². The van der Waals surface area contributed by atoms with Crippen LogP contribution < -0.4 is 0 Å². The van der Waals surface area contributed by atoms with Gasteiger partial charge in [0.25, 0.3) is 0 Å². The number of rotatable bonds is 3. The molecule has 3 nitrogen and oxygen atoms in total. The molecule has 1 saturated heterocycles. The Morgan fingerprint density at radius 1 is 1.35 bits per heavy atom. The molecule has 0 aromatic heterocycles. The molecule has 0 aliphatic carbocycles. The van der Waals surface area contributed by atoms with Crippen molar-refractivity contribution in [3.8, 4) is 0 Å². The van der Waals surface area contributed by atoms with E-state index in [1.165, 1.54) is 5.56 Å². The van der Waals surface area contributed by atoms with Crippen LogP contribution in [0.3, 0.4) is 0 Å². The van der Waals surface area contributed by atoms with E-state index in [1.807, 2.05) is 18.2 Å². The van der Waals surface area contributed by atoms with Crippen LogP contribution in [-0.2, 0) is 16.1 Å². The van der Waals surface area contributed by atoms with Gasteiger partial charge in [-0.2, -0.15) is 0 Å². The van der Waals surface area contributed by atoms with Gasteiger partial charge in [0, 0.05) is 33.2 Å². The number of halogens is 1. The Morgan fingerprint density at radius 3 is 2.71 bits per heavy atom. The lowest BCUT2D eigenvalue weighted by Gasteiger charge is -2.30. The molecule has 94 valence electrons. The SMILES string of the molecule is COC1CN(Cc2ccccc2)CCC1=O.Cl. The Bertz CT molecular complexity index is 356. The Hall–Kier alpha value is -0.900. The van der Waals surface area contributed by atoms with Gasteiger partial charge >= 0.3 is 0 Å². The zero-order valence-electron chi connectivity index (χ0n) is 9.96. The van der Waals surface area contributed by atoms with Crippen LogP contribution in [0, 0.1) is 0 Å². The lowest BCUT2D eigenvalue weighted by atomic mass is 10.1. The average Bonchev–Trinajstić information content (AvgIpc) is 2.33. The molecular weight excluding hydrogens is 238 g/mol. The monoisotopic (exact) mass is 255 g/mol.